The van der Waals surface area contributed by atoms with E-state index in [-0.39, 0.29) is 30.3 Å². The van der Waals surface area contributed by atoms with Crippen LogP contribution in [0.15, 0.2) is 48.5 Å². The van der Waals surface area contributed by atoms with Gasteiger partial charge in [0.15, 0.2) is 0 Å². The zero-order valence-electron chi connectivity index (χ0n) is 17.7. The molecule has 0 unspecified atom stereocenters. The Morgan fingerprint density at radius 2 is 1.71 bits per heavy atom. The molecule has 2 amide bonds. The predicted octanol–water partition coefficient (Wildman–Crippen LogP) is 5.11. The van der Waals surface area contributed by atoms with Gasteiger partial charge in [-0.25, -0.2) is 0 Å². The summed E-state index contributed by atoms with van der Waals surface area (Å²) in [6, 6.07) is 13.8. The smallest absolute Gasteiger partial charge is 0.247 e. The Kier molecular flexibility index (Phi) is 8.61. The molecular formula is C24H28Cl2N2O3. The molecule has 1 N–H and O–H groups in total. The number of carbonyl (C=O) groups excluding carboxylic acids is 2. The number of ether oxygens (including phenoxy) is 1. The summed E-state index contributed by atoms with van der Waals surface area (Å²) in [4.78, 5) is 27.9. The first-order chi connectivity index (χ1) is 15.0. The third kappa shape index (κ3) is 6.37. The summed E-state index contributed by atoms with van der Waals surface area (Å²) in [6.45, 7) is 0.251. The fraction of sp³-hybridized carbons (Fsp3) is 0.417. The molecule has 0 heterocycles. The number of carbonyl (C=O) groups is 2. The van der Waals surface area contributed by atoms with Crippen molar-refractivity contribution in [2.45, 2.75) is 50.7 Å². The lowest BCUT2D eigenvalue weighted by Crippen LogP contribution is -2.47. The van der Waals surface area contributed by atoms with Crippen molar-refractivity contribution in [2.24, 2.45) is 0 Å². The average Bonchev–Trinajstić information content (AvgIpc) is 2.80. The molecule has 166 valence electrons. The number of halogens is 2. The maximum atomic E-state index is 13.4. The average molecular weight is 463 g/mol. The van der Waals surface area contributed by atoms with Gasteiger partial charge in [-0.05, 0) is 48.2 Å². The van der Waals surface area contributed by atoms with Gasteiger partial charge in [0.25, 0.3) is 0 Å². The summed E-state index contributed by atoms with van der Waals surface area (Å²) in [5.74, 6) is 0.0115. The highest BCUT2D eigenvalue weighted by Gasteiger charge is 2.32. The number of amides is 2. The van der Waals surface area contributed by atoms with E-state index in [1.54, 1.807) is 31.4 Å². The van der Waals surface area contributed by atoms with Crippen molar-refractivity contribution in [3.05, 3.63) is 64.7 Å². The maximum Gasteiger partial charge on any atom is 0.247 e. The summed E-state index contributed by atoms with van der Waals surface area (Å²) < 4.78 is 5.22. The third-order valence-corrected chi connectivity index (χ3v) is 6.12. The van der Waals surface area contributed by atoms with E-state index in [0.29, 0.717) is 10.6 Å². The molecule has 0 radical (unpaired) electrons. The molecule has 0 bridgehead atoms. The van der Waals surface area contributed by atoms with Gasteiger partial charge in [-0.2, -0.15) is 0 Å². The minimum absolute atomic E-state index is 0.130. The quantitative estimate of drug-likeness (QED) is 0.554. The van der Waals surface area contributed by atoms with E-state index in [2.05, 4.69) is 5.32 Å². The summed E-state index contributed by atoms with van der Waals surface area (Å²) in [5.41, 5.74) is 1.58. The minimum Gasteiger partial charge on any atom is -0.497 e. The number of hydrogen-bond donors (Lipinski definition) is 1. The molecule has 0 saturated heterocycles. The first-order valence-electron chi connectivity index (χ1n) is 10.6. The Bertz CT molecular complexity index is 865. The molecule has 1 aliphatic rings. The maximum absolute atomic E-state index is 13.4. The highest BCUT2D eigenvalue weighted by molar-refractivity contribution is 6.30. The molecule has 0 aliphatic heterocycles. The van der Waals surface area contributed by atoms with Gasteiger partial charge in [0.2, 0.25) is 11.8 Å². The molecule has 7 heteroatoms. The molecule has 1 saturated carbocycles. The zero-order valence-corrected chi connectivity index (χ0v) is 19.2. The van der Waals surface area contributed by atoms with Gasteiger partial charge in [-0.15, -0.1) is 11.6 Å². The van der Waals surface area contributed by atoms with Crippen LogP contribution in [-0.4, -0.2) is 35.7 Å². The molecule has 1 aliphatic carbocycles. The Balaban J connectivity index is 1.91. The monoisotopic (exact) mass is 462 g/mol. The largest absolute Gasteiger partial charge is 0.497 e. The summed E-state index contributed by atoms with van der Waals surface area (Å²) in [7, 11) is 1.60. The van der Waals surface area contributed by atoms with Crippen molar-refractivity contribution in [3.8, 4) is 5.75 Å². The first kappa shape index (κ1) is 23.4. The highest BCUT2D eigenvalue weighted by Crippen LogP contribution is 2.27. The van der Waals surface area contributed by atoms with E-state index in [1.165, 1.54) is 11.3 Å². The molecule has 31 heavy (non-hydrogen) atoms. The fourth-order valence-corrected chi connectivity index (χ4v) is 4.25. The fourth-order valence-electron chi connectivity index (χ4n) is 3.97. The Morgan fingerprint density at radius 3 is 2.29 bits per heavy atom. The second kappa shape index (κ2) is 11.4. The normalized spacial score (nSPS) is 15.2. The van der Waals surface area contributed by atoms with Crippen LogP contribution < -0.4 is 10.1 Å². The second-order valence-corrected chi connectivity index (χ2v) is 8.50. The predicted molar refractivity (Wildman–Crippen MR) is 123 cm³/mol. The van der Waals surface area contributed by atoms with Crippen LogP contribution in [-0.2, 0) is 16.1 Å². The van der Waals surface area contributed by atoms with Crippen LogP contribution >= 0.6 is 23.2 Å². The summed E-state index contributed by atoms with van der Waals surface area (Å²) >= 11 is 12.0. The van der Waals surface area contributed by atoms with Crippen molar-refractivity contribution >= 4 is 35.0 Å². The topological polar surface area (TPSA) is 58.6 Å². The van der Waals surface area contributed by atoms with Crippen LogP contribution in [0.1, 0.15) is 49.3 Å². The van der Waals surface area contributed by atoms with Gasteiger partial charge >= 0.3 is 0 Å². The number of benzene rings is 2. The lowest BCUT2D eigenvalue weighted by molar-refractivity contribution is -0.140. The summed E-state index contributed by atoms with van der Waals surface area (Å²) in [6.07, 6.45) is 5.32. The van der Waals surface area contributed by atoms with Crippen LogP contribution in [0.5, 0.6) is 5.75 Å². The van der Waals surface area contributed by atoms with E-state index in [4.69, 9.17) is 27.9 Å². The highest BCUT2D eigenvalue weighted by atomic mass is 35.5. The van der Waals surface area contributed by atoms with Crippen LogP contribution in [0.2, 0.25) is 5.02 Å². The van der Waals surface area contributed by atoms with Crippen LogP contribution in [0.3, 0.4) is 0 Å². The van der Waals surface area contributed by atoms with Crippen LogP contribution in [0.4, 0.5) is 0 Å². The Hall–Kier alpha value is -2.24. The van der Waals surface area contributed by atoms with E-state index >= 15 is 0 Å². The number of nitrogens with zero attached hydrogens (tertiary/aromatic N) is 1. The lowest BCUT2D eigenvalue weighted by atomic mass is 9.94. The summed E-state index contributed by atoms with van der Waals surface area (Å²) in [5, 5.41) is 3.74. The van der Waals surface area contributed by atoms with Crippen LogP contribution in [0.25, 0.3) is 0 Å². The van der Waals surface area contributed by atoms with Crippen molar-refractivity contribution in [2.75, 3.05) is 13.0 Å². The molecule has 2 aromatic carbocycles. The molecule has 3 rings (SSSR count). The molecule has 1 atom stereocenters. The minimum atomic E-state index is -0.799. The first-order valence-corrected chi connectivity index (χ1v) is 11.5. The van der Waals surface area contributed by atoms with E-state index in [1.807, 2.05) is 24.3 Å². The third-order valence-electron chi connectivity index (χ3n) is 5.64. The number of methoxy groups -OCH3 is 1. The van der Waals surface area contributed by atoms with Crippen molar-refractivity contribution in [1.29, 1.82) is 0 Å². The molecule has 5 nitrogen and oxygen atoms in total. The van der Waals surface area contributed by atoms with Crippen molar-refractivity contribution < 1.29 is 14.3 Å². The number of nitrogens with one attached hydrogen (secondary N) is 1. The number of rotatable bonds is 8. The number of alkyl halides is 1. The zero-order chi connectivity index (χ0) is 22.2. The number of hydrogen-bond acceptors (Lipinski definition) is 3. The van der Waals surface area contributed by atoms with Crippen molar-refractivity contribution in [1.82, 2.24) is 10.2 Å². The molecule has 1 fully saturated rings. The Morgan fingerprint density at radius 1 is 1.06 bits per heavy atom. The van der Waals surface area contributed by atoms with E-state index in [9.17, 15) is 9.59 Å². The molecule has 2 aromatic rings. The Labute approximate surface area is 193 Å². The lowest BCUT2D eigenvalue weighted by Gasteiger charge is -2.33. The van der Waals surface area contributed by atoms with Crippen molar-refractivity contribution in [3.63, 3.8) is 0 Å². The van der Waals surface area contributed by atoms with Gasteiger partial charge in [0.1, 0.15) is 17.7 Å². The second-order valence-electron chi connectivity index (χ2n) is 7.80. The van der Waals surface area contributed by atoms with Gasteiger partial charge in [0, 0.05) is 17.6 Å². The molecule has 0 spiro atoms. The van der Waals surface area contributed by atoms with Gasteiger partial charge in [-0.3, -0.25) is 9.59 Å². The molecule has 0 aromatic heterocycles. The van der Waals surface area contributed by atoms with Gasteiger partial charge < -0.3 is 15.0 Å². The van der Waals surface area contributed by atoms with Crippen LogP contribution in [0, 0.1) is 0 Å². The van der Waals surface area contributed by atoms with Gasteiger partial charge in [-0.1, -0.05) is 55.1 Å². The van der Waals surface area contributed by atoms with E-state index < -0.39 is 6.04 Å². The SMILES string of the molecule is COc1ccc(CN(C(=O)CCl)[C@H](C(=O)NC2CCCCC2)c2ccc(Cl)cc2)cc1. The molecular weight excluding hydrogens is 435 g/mol. The standard InChI is InChI=1S/C24H28Cl2N2O3/c1-31-21-13-7-17(8-14-21)16-28(22(29)15-25)23(18-9-11-19(26)12-10-18)24(30)27-20-5-3-2-4-6-20/h7-14,20,23H,2-6,15-16H2,1H3,(H,27,30)/t23-/m0/s1. The van der Waals surface area contributed by atoms with E-state index in [0.717, 1.165) is 37.0 Å². The van der Waals surface area contributed by atoms with Gasteiger partial charge in [0.05, 0.1) is 7.11 Å².